The maximum Gasteiger partial charge on any atom is 0.127 e. The van der Waals surface area contributed by atoms with Crippen molar-refractivity contribution in [2.45, 2.75) is 39.0 Å². The fraction of sp³-hybridized carbons (Fsp3) is 0.353. The predicted octanol–water partition coefficient (Wildman–Crippen LogP) is 3.98. The van der Waals surface area contributed by atoms with Crippen LogP contribution >= 0.6 is 15.9 Å². The largest absolute Gasteiger partial charge is 0.488 e. The van der Waals surface area contributed by atoms with Gasteiger partial charge in [0.1, 0.15) is 12.4 Å². The molecule has 1 aromatic carbocycles. The number of pyridine rings is 1. The summed E-state index contributed by atoms with van der Waals surface area (Å²) in [5.41, 5.74) is 3.25. The molecule has 21 heavy (non-hydrogen) atoms. The van der Waals surface area contributed by atoms with Gasteiger partial charge in [-0.25, -0.2) is 0 Å². The Hall–Kier alpha value is -1.39. The van der Waals surface area contributed by atoms with Crippen molar-refractivity contribution in [3.63, 3.8) is 0 Å². The minimum Gasteiger partial charge on any atom is -0.488 e. The highest BCUT2D eigenvalue weighted by molar-refractivity contribution is 9.10. The topological polar surface area (TPSA) is 34.1 Å². The fourth-order valence-electron chi connectivity index (χ4n) is 2.14. The molecule has 0 bridgehead atoms. The number of hydrogen-bond acceptors (Lipinski definition) is 3. The van der Waals surface area contributed by atoms with Crippen molar-refractivity contribution in [1.82, 2.24) is 10.3 Å². The van der Waals surface area contributed by atoms with Gasteiger partial charge in [-0.15, -0.1) is 0 Å². The van der Waals surface area contributed by atoms with E-state index in [-0.39, 0.29) is 0 Å². The molecule has 1 heterocycles. The Bertz CT molecular complexity index is 626. The van der Waals surface area contributed by atoms with Crippen LogP contribution in [0, 0.1) is 6.92 Å². The quantitative estimate of drug-likeness (QED) is 0.858. The van der Waals surface area contributed by atoms with Crippen LogP contribution in [-0.2, 0) is 13.2 Å². The smallest absolute Gasteiger partial charge is 0.127 e. The van der Waals surface area contributed by atoms with Gasteiger partial charge in [0.2, 0.25) is 0 Å². The van der Waals surface area contributed by atoms with Gasteiger partial charge in [-0.2, -0.15) is 0 Å². The summed E-state index contributed by atoms with van der Waals surface area (Å²) in [5, 5.41) is 3.51. The first-order chi connectivity index (χ1) is 10.2. The van der Waals surface area contributed by atoms with Crippen molar-refractivity contribution in [3.05, 3.63) is 57.8 Å². The highest BCUT2D eigenvalue weighted by Gasteiger charge is 2.20. The Morgan fingerprint density at radius 3 is 2.86 bits per heavy atom. The van der Waals surface area contributed by atoms with Crippen LogP contribution in [0.5, 0.6) is 5.75 Å². The lowest BCUT2D eigenvalue weighted by Crippen LogP contribution is -2.16. The molecule has 3 nitrogen and oxygen atoms in total. The minimum atomic E-state index is 0.557. The van der Waals surface area contributed by atoms with Crippen molar-refractivity contribution in [1.29, 1.82) is 0 Å². The molecule has 3 rings (SSSR count). The lowest BCUT2D eigenvalue weighted by Gasteiger charge is -2.13. The maximum atomic E-state index is 6.03. The van der Waals surface area contributed by atoms with Gasteiger partial charge < -0.3 is 10.1 Å². The van der Waals surface area contributed by atoms with Crippen LogP contribution in [0.25, 0.3) is 0 Å². The predicted molar refractivity (Wildman–Crippen MR) is 87.3 cm³/mol. The first-order valence-corrected chi connectivity index (χ1v) is 8.07. The number of hydrogen-bond donors (Lipinski definition) is 1. The molecule has 110 valence electrons. The molecule has 0 radical (unpaired) electrons. The summed E-state index contributed by atoms with van der Waals surface area (Å²) in [5.74, 6) is 0.923. The molecule has 0 atom stereocenters. The molecular formula is C17H19BrN2O. The summed E-state index contributed by atoms with van der Waals surface area (Å²) >= 11 is 3.56. The highest BCUT2D eigenvalue weighted by Crippen LogP contribution is 2.24. The molecule has 1 aliphatic rings. The van der Waals surface area contributed by atoms with E-state index in [1.54, 1.807) is 0 Å². The first kappa shape index (κ1) is 14.5. The molecule has 1 N–H and O–H groups in total. The number of halogens is 1. The van der Waals surface area contributed by atoms with Gasteiger partial charge in [0, 0.05) is 46.1 Å². The Morgan fingerprint density at radius 2 is 2.10 bits per heavy atom. The molecule has 1 fully saturated rings. The summed E-state index contributed by atoms with van der Waals surface area (Å²) in [6, 6.07) is 10.8. The summed E-state index contributed by atoms with van der Waals surface area (Å²) in [7, 11) is 0. The second-order valence-corrected chi connectivity index (χ2v) is 6.32. The van der Waals surface area contributed by atoms with Crippen molar-refractivity contribution in [2.24, 2.45) is 0 Å². The van der Waals surface area contributed by atoms with E-state index in [0.717, 1.165) is 33.6 Å². The third-order valence-corrected chi connectivity index (χ3v) is 4.35. The Kier molecular flexibility index (Phi) is 4.56. The number of nitrogens with one attached hydrogen (secondary N) is 1. The summed E-state index contributed by atoms with van der Waals surface area (Å²) in [4.78, 5) is 4.38. The summed E-state index contributed by atoms with van der Waals surface area (Å²) < 4.78 is 7.10. The van der Waals surface area contributed by atoms with Gasteiger partial charge in [-0.1, -0.05) is 34.1 Å². The van der Waals surface area contributed by atoms with Crippen molar-refractivity contribution in [3.8, 4) is 5.75 Å². The lowest BCUT2D eigenvalue weighted by atomic mass is 10.2. The van der Waals surface area contributed by atoms with Crippen molar-refractivity contribution < 1.29 is 4.74 Å². The molecular weight excluding hydrogens is 328 g/mol. The molecule has 4 heteroatoms. The van der Waals surface area contributed by atoms with E-state index in [2.05, 4.69) is 32.3 Å². The van der Waals surface area contributed by atoms with Gasteiger partial charge in [0.15, 0.2) is 0 Å². The normalized spacial score (nSPS) is 14.2. The molecule has 2 aromatic rings. The lowest BCUT2D eigenvalue weighted by molar-refractivity contribution is 0.300. The van der Waals surface area contributed by atoms with E-state index >= 15 is 0 Å². The monoisotopic (exact) mass is 346 g/mol. The third kappa shape index (κ3) is 4.05. The molecule has 0 amide bonds. The van der Waals surface area contributed by atoms with Gasteiger partial charge in [-0.3, -0.25) is 4.98 Å². The van der Waals surface area contributed by atoms with Crippen LogP contribution < -0.4 is 10.1 Å². The van der Waals surface area contributed by atoms with Crippen LogP contribution in [0.15, 0.2) is 41.0 Å². The second-order valence-electron chi connectivity index (χ2n) is 5.47. The van der Waals surface area contributed by atoms with Gasteiger partial charge in [0.25, 0.3) is 0 Å². The molecule has 1 aromatic heterocycles. The number of benzene rings is 1. The van der Waals surface area contributed by atoms with E-state index in [9.17, 15) is 0 Å². The number of aryl methyl sites for hydroxylation is 1. The Balaban J connectivity index is 1.70. The van der Waals surface area contributed by atoms with E-state index < -0.39 is 0 Å². The zero-order chi connectivity index (χ0) is 14.7. The third-order valence-electron chi connectivity index (χ3n) is 3.58. The van der Waals surface area contributed by atoms with E-state index in [1.165, 1.54) is 12.8 Å². The van der Waals surface area contributed by atoms with Crippen LogP contribution in [0.1, 0.15) is 29.7 Å². The zero-order valence-corrected chi connectivity index (χ0v) is 13.7. The zero-order valence-electron chi connectivity index (χ0n) is 12.1. The molecule has 0 aliphatic heterocycles. The molecule has 0 unspecified atom stereocenters. The van der Waals surface area contributed by atoms with Crippen LogP contribution in [-0.4, -0.2) is 11.0 Å². The van der Waals surface area contributed by atoms with Crippen LogP contribution in [0.3, 0.4) is 0 Å². The van der Waals surface area contributed by atoms with Crippen molar-refractivity contribution >= 4 is 15.9 Å². The molecule has 0 spiro atoms. The highest BCUT2D eigenvalue weighted by atomic mass is 79.9. The Morgan fingerprint density at radius 1 is 1.29 bits per heavy atom. The number of ether oxygens (including phenoxy) is 1. The molecule has 1 saturated carbocycles. The second kappa shape index (κ2) is 6.58. The summed E-state index contributed by atoms with van der Waals surface area (Å²) in [6.07, 6.45) is 4.49. The Labute approximate surface area is 133 Å². The molecule has 1 aliphatic carbocycles. The first-order valence-electron chi connectivity index (χ1n) is 7.27. The van der Waals surface area contributed by atoms with Crippen LogP contribution in [0.2, 0.25) is 0 Å². The molecule has 0 saturated heterocycles. The van der Waals surface area contributed by atoms with Gasteiger partial charge in [0.05, 0.1) is 0 Å². The standard InChI is InChI=1S/C17H19BrN2O/c1-12-8-17(14(9-19-12)10-20-15-6-7-15)21-11-13-4-2-3-5-16(13)18/h2-5,8-9,15,20H,6-7,10-11H2,1H3. The van der Waals surface area contributed by atoms with Crippen molar-refractivity contribution in [2.75, 3.05) is 0 Å². The number of aromatic nitrogens is 1. The average Bonchev–Trinajstić information content (AvgIpc) is 3.30. The van der Waals surface area contributed by atoms with E-state index in [1.807, 2.05) is 37.4 Å². The van der Waals surface area contributed by atoms with Gasteiger partial charge >= 0.3 is 0 Å². The van der Waals surface area contributed by atoms with Crippen LogP contribution in [0.4, 0.5) is 0 Å². The van der Waals surface area contributed by atoms with E-state index in [4.69, 9.17) is 4.74 Å². The fourth-order valence-corrected chi connectivity index (χ4v) is 2.54. The summed E-state index contributed by atoms with van der Waals surface area (Å²) in [6.45, 7) is 3.37. The van der Waals surface area contributed by atoms with E-state index in [0.29, 0.717) is 12.6 Å². The maximum absolute atomic E-state index is 6.03. The number of rotatable bonds is 6. The van der Waals surface area contributed by atoms with Gasteiger partial charge in [-0.05, 0) is 25.8 Å². The minimum absolute atomic E-state index is 0.557. The number of nitrogens with zero attached hydrogens (tertiary/aromatic N) is 1. The SMILES string of the molecule is Cc1cc(OCc2ccccc2Br)c(CNC2CC2)cn1. The average molecular weight is 347 g/mol.